The molecule has 2 amide bonds. The van der Waals surface area contributed by atoms with Crippen LogP contribution >= 0.6 is 0 Å². The summed E-state index contributed by atoms with van der Waals surface area (Å²) >= 11 is 0. The molecule has 2 aromatic heterocycles. The van der Waals surface area contributed by atoms with Gasteiger partial charge < -0.3 is 9.88 Å². The summed E-state index contributed by atoms with van der Waals surface area (Å²) in [5, 5.41) is 10.1. The van der Waals surface area contributed by atoms with Crippen molar-refractivity contribution < 1.29 is 9.59 Å². The molecule has 3 aliphatic rings. The van der Waals surface area contributed by atoms with E-state index in [2.05, 4.69) is 25.9 Å². The lowest BCUT2D eigenvalue weighted by atomic mass is 10.1. The van der Waals surface area contributed by atoms with E-state index in [1.54, 1.807) is 30.5 Å². The largest absolute Gasteiger partial charge is 0.355 e. The van der Waals surface area contributed by atoms with Crippen LogP contribution in [0.3, 0.4) is 0 Å². The highest BCUT2D eigenvalue weighted by atomic mass is 16.2. The quantitative estimate of drug-likeness (QED) is 0.692. The van der Waals surface area contributed by atoms with Crippen LogP contribution in [-0.2, 0) is 0 Å². The molecule has 8 heteroatoms. The summed E-state index contributed by atoms with van der Waals surface area (Å²) in [6, 6.07) is 9.19. The van der Waals surface area contributed by atoms with Gasteiger partial charge in [-0.15, -0.1) is 0 Å². The first-order valence-electron chi connectivity index (χ1n) is 9.54. The SMILES string of the molecule is N#Cc1c[nH]c2ncnc(N3CC4CC4(CN4C(=O)c5ccccc5C4=O)C3)c12. The van der Waals surface area contributed by atoms with Gasteiger partial charge >= 0.3 is 0 Å². The van der Waals surface area contributed by atoms with E-state index in [9.17, 15) is 14.9 Å². The number of carbonyl (C=O) groups excluding carboxylic acids is 2. The number of aromatic amines is 1. The predicted molar refractivity (Wildman–Crippen MR) is 103 cm³/mol. The molecule has 1 N–H and O–H groups in total. The number of fused-ring (bicyclic) bond motifs is 3. The van der Waals surface area contributed by atoms with E-state index < -0.39 is 0 Å². The number of anilines is 1. The number of piperidine rings is 1. The van der Waals surface area contributed by atoms with Gasteiger partial charge in [0.1, 0.15) is 23.9 Å². The molecule has 1 aliphatic carbocycles. The smallest absolute Gasteiger partial charge is 0.261 e. The number of hydrogen-bond acceptors (Lipinski definition) is 6. The summed E-state index contributed by atoms with van der Waals surface area (Å²) in [5.41, 5.74) is 2.04. The van der Waals surface area contributed by atoms with Crippen LogP contribution in [0.2, 0.25) is 0 Å². The lowest BCUT2D eigenvalue weighted by Crippen LogP contribution is -2.38. The summed E-state index contributed by atoms with van der Waals surface area (Å²) in [4.78, 5) is 40.8. The highest BCUT2D eigenvalue weighted by Gasteiger charge is 2.62. The monoisotopic (exact) mass is 384 g/mol. The lowest BCUT2D eigenvalue weighted by Gasteiger charge is -2.25. The topological polar surface area (TPSA) is 106 Å². The summed E-state index contributed by atoms with van der Waals surface area (Å²) in [6.07, 6.45) is 4.13. The first kappa shape index (κ1) is 16.2. The Kier molecular flexibility index (Phi) is 3.03. The van der Waals surface area contributed by atoms with Gasteiger partial charge in [-0.05, 0) is 24.5 Å². The molecule has 4 heterocycles. The van der Waals surface area contributed by atoms with Crippen LogP contribution < -0.4 is 4.90 Å². The van der Waals surface area contributed by atoms with E-state index in [1.165, 1.54) is 11.2 Å². The van der Waals surface area contributed by atoms with E-state index in [4.69, 9.17) is 0 Å². The Morgan fingerprint density at radius 3 is 2.69 bits per heavy atom. The number of aromatic nitrogens is 3. The number of nitrogens with one attached hydrogen (secondary N) is 1. The maximum atomic E-state index is 12.8. The van der Waals surface area contributed by atoms with Crippen LogP contribution in [0.15, 0.2) is 36.8 Å². The Balaban J connectivity index is 1.29. The second kappa shape index (κ2) is 5.41. The molecule has 0 bridgehead atoms. The zero-order valence-electron chi connectivity index (χ0n) is 15.4. The Labute approximate surface area is 165 Å². The van der Waals surface area contributed by atoms with Gasteiger partial charge in [0.05, 0.1) is 22.1 Å². The van der Waals surface area contributed by atoms with Gasteiger partial charge in [-0.2, -0.15) is 5.26 Å². The molecular formula is C21H16N6O2. The van der Waals surface area contributed by atoms with Crippen LogP contribution in [0.25, 0.3) is 11.0 Å². The molecule has 29 heavy (non-hydrogen) atoms. The summed E-state index contributed by atoms with van der Waals surface area (Å²) < 4.78 is 0. The third kappa shape index (κ3) is 2.12. The Bertz CT molecular complexity index is 1220. The van der Waals surface area contributed by atoms with Crippen molar-refractivity contribution in [1.82, 2.24) is 19.9 Å². The minimum atomic E-state index is -0.203. The fourth-order valence-electron chi connectivity index (χ4n) is 4.97. The second-order valence-electron chi connectivity index (χ2n) is 8.12. The minimum absolute atomic E-state index is 0.103. The standard InChI is InChI=1S/C21H16N6O2/c22-6-12-7-23-17-16(12)18(25-11-24-17)26-8-13-5-21(13,9-26)10-27-19(28)14-3-1-2-4-15(14)20(27)29/h1-4,7,11,13H,5,8-10H2,(H,23,24,25). The second-order valence-corrected chi connectivity index (χ2v) is 8.12. The average molecular weight is 384 g/mol. The lowest BCUT2D eigenvalue weighted by molar-refractivity contribution is 0.0622. The molecule has 1 saturated carbocycles. The van der Waals surface area contributed by atoms with Gasteiger partial charge in [-0.3, -0.25) is 14.5 Å². The molecule has 1 saturated heterocycles. The fourth-order valence-corrected chi connectivity index (χ4v) is 4.97. The zero-order valence-corrected chi connectivity index (χ0v) is 15.4. The number of nitrogens with zero attached hydrogens (tertiary/aromatic N) is 5. The zero-order chi connectivity index (χ0) is 19.8. The maximum absolute atomic E-state index is 12.8. The molecule has 2 aliphatic heterocycles. The molecule has 8 nitrogen and oxygen atoms in total. The number of carbonyl (C=O) groups is 2. The third-order valence-corrected chi connectivity index (χ3v) is 6.53. The van der Waals surface area contributed by atoms with Crippen LogP contribution in [0.4, 0.5) is 5.82 Å². The molecule has 2 atom stereocenters. The molecule has 142 valence electrons. The first-order valence-corrected chi connectivity index (χ1v) is 9.54. The summed E-state index contributed by atoms with van der Waals surface area (Å²) in [7, 11) is 0. The number of amides is 2. The number of nitriles is 1. The van der Waals surface area contributed by atoms with Gasteiger partial charge in [-0.1, -0.05) is 12.1 Å². The Morgan fingerprint density at radius 1 is 1.21 bits per heavy atom. The van der Waals surface area contributed by atoms with E-state index in [1.807, 2.05) is 0 Å². The molecule has 3 aromatic rings. The van der Waals surface area contributed by atoms with Crippen LogP contribution in [0, 0.1) is 22.7 Å². The van der Waals surface area contributed by atoms with Crippen molar-refractivity contribution >= 4 is 28.7 Å². The van der Waals surface area contributed by atoms with E-state index >= 15 is 0 Å². The van der Waals surface area contributed by atoms with E-state index in [-0.39, 0.29) is 17.2 Å². The van der Waals surface area contributed by atoms with Crippen LogP contribution in [0.5, 0.6) is 0 Å². The molecule has 0 spiro atoms. The van der Waals surface area contributed by atoms with Gasteiger partial charge in [0, 0.05) is 31.2 Å². The summed E-state index contributed by atoms with van der Waals surface area (Å²) in [5.74, 6) is 0.736. The van der Waals surface area contributed by atoms with Crippen molar-refractivity contribution in [3.8, 4) is 6.07 Å². The molecule has 2 unspecified atom stereocenters. The number of rotatable bonds is 3. The Morgan fingerprint density at radius 2 is 1.97 bits per heavy atom. The highest BCUT2D eigenvalue weighted by molar-refractivity contribution is 6.21. The number of imide groups is 1. The van der Waals surface area contributed by atoms with Crippen molar-refractivity contribution in [1.29, 1.82) is 5.26 Å². The van der Waals surface area contributed by atoms with Gasteiger partial charge in [-0.25, -0.2) is 9.97 Å². The van der Waals surface area contributed by atoms with Crippen molar-refractivity contribution in [3.05, 3.63) is 53.5 Å². The van der Waals surface area contributed by atoms with E-state index in [0.29, 0.717) is 41.3 Å². The Hall–Kier alpha value is -3.73. The summed E-state index contributed by atoms with van der Waals surface area (Å²) in [6.45, 7) is 1.92. The number of benzene rings is 1. The van der Waals surface area contributed by atoms with Gasteiger partial charge in [0.15, 0.2) is 0 Å². The van der Waals surface area contributed by atoms with E-state index in [0.717, 1.165) is 24.2 Å². The molecule has 0 radical (unpaired) electrons. The highest BCUT2D eigenvalue weighted by Crippen LogP contribution is 2.59. The number of hydrogen-bond donors (Lipinski definition) is 1. The molecule has 2 fully saturated rings. The van der Waals surface area contributed by atoms with Crippen LogP contribution in [0.1, 0.15) is 32.7 Å². The number of H-pyrrole nitrogens is 1. The van der Waals surface area contributed by atoms with Gasteiger partial charge in [0.2, 0.25) is 0 Å². The third-order valence-electron chi connectivity index (χ3n) is 6.53. The fraction of sp³-hybridized carbons (Fsp3) is 0.286. The molecule has 6 rings (SSSR count). The first-order chi connectivity index (χ1) is 14.1. The maximum Gasteiger partial charge on any atom is 0.261 e. The molecular weight excluding hydrogens is 368 g/mol. The van der Waals surface area contributed by atoms with Crippen molar-refractivity contribution in [2.45, 2.75) is 6.42 Å². The molecule has 1 aromatic carbocycles. The van der Waals surface area contributed by atoms with Gasteiger partial charge in [0.25, 0.3) is 11.8 Å². The predicted octanol–water partition coefficient (Wildman–Crippen LogP) is 1.95. The van der Waals surface area contributed by atoms with Crippen molar-refractivity contribution in [2.75, 3.05) is 24.5 Å². The van der Waals surface area contributed by atoms with Crippen LogP contribution in [-0.4, -0.2) is 51.3 Å². The van der Waals surface area contributed by atoms with Crippen molar-refractivity contribution in [2.24, 2.45) is 11.3 Å². The average Bonchev–Trinajstić information content (AvgIpc) is 3.04. The normalized spacial score (nSPS) is 24.7. The minimum Gasteiger partial charge on any atom is -0.355 e. The van der Waals surface area contributed by atoms with Crippen molar-refractivity contribution in [3.63, 3.8) is 0 Å².